The molecule has 0 saturated carbocycles. The molecule has 1 N–H and O–H groups in total. The van der Waals surface area contributed by atoms with Gasteiger partial charge in [-0.15, -0.1) is 0 Å². The van der Waals surface area contributed by atoms with Crippen LogP contribution in [0.4, 0.5) is 0 Å². The zero-order chi connectivity index (χ0) is 13.8. The molecule has 0 aromatic heterocycles. The fourth-order valence-corrected chi connectivity index (χ4v) is 2.49. The van der Waals surface area contributed by atoms with Gasteiger partial charge < -0.3 is 14.8 Å². The molecule has 112 valence electrons. The highest BCUT2D eigenvalue weighted by atomic mass is 16.5. The van der Waals surface area contributed by atoms with Gasteiger partial charge in [0.1, 0.15) is 0 Å². The van der Waals surface area contributed by atoms with Crippen LogP contribution in [0.5, 0.6) is 0 Å². The lowest BCUT2D eigenvalue weighted by Gasteiger charge is -2.23. The van der Waals surface area contributed by atoms with Crippen LogP contribution in [-0.2, 0) is 9.47 Å². The van der Waals surface area contributed by atoms with Gasteiger partial charge in [-0.25, -0.2) is 0 Å². The number of methoxy groups -OCH3 is 1. The van der Waals surface area contributed by atoms with E-state index in [1.807, 2.05) is 0 Å². The van der Waals surface area contributed by atoms with Gasteiger partial charge in [-0.05, 0) is 38.6 Å². The van der Waals surface area contributed by atoms with Gasteiger partial charge in [0.2, 0.25) is 0 Å². The summed E-state index contributed by atoms with van der Waals surface area (Å²) in [6, 6.07) is 0.398. The molecule has 0 bridgehead atoms. The second kappa shape index (κ2) is 11.4. The van der Waals surface area contributed by atoms with E-state index in [0.29, 0.717) is 19.3 Å². The van der Waals surface area contributed by atoms with Crippen LogP contribution < -0.4 is 5.32 Å². The first-order valence-electron chi connectivity index (χ1n) is 7.87. The van der Waals surface area contributed by atoms with Crippen molar-refractivity contribution in [2.45, 2.75) is 57.9 Å². The van der Waals surface area contributed by atoms with Crippen LogP contribution >= 0.6 is 0 Å². The Morgan fingerprint density at radius 1 is 1.21 bits per heavy atom. The lowest BCUT2D eigenvalue weighted by Crippen LogP contribution is -2.36. The maximum atomic E-state index is 5.73. The Morgan fingerprint density at radius 3 is 2.84 bits per heavy atom. The first-order valence-corrected chi connectivity index (χ1v) is 7.87. The van der Waals surface area contributed by atoms with Crippen molar-refractivity contribution in [1.29, 1.82) is 0 Å². The second-order valence-corrected chi connectivity index (χ2v) is 5.31. The summed E-state index contributed by atoms with van der Waals surface area (Å²) in [6.07, 6.45) is 11.5. The van der Waals surface area contributed by atoms with Crippen LogP contribution in [0, 0.1) is 0 Å². The highest BCUT2D eigenvalue weighted by Gasteiger charge is 2.14. The Bertz CT molecular complexity index is 241. The molecule has 0 fully saturated rings. The highest BCUT2D eigenvalue weighted by molar-refractivity contribution is 5.12. The van der Waals surface area contributed by atoms with Gasteiger partial charge in [0.15, 0.2) is 0 Å². The highest BCUT2D eigenvalue weighted by Crippen LogP contribution is 2.20. The number of rotatable bonds is 9. The van der Waals surface area contributed by atoms with Crippen LogP contribution in [0.2, 0.25) is 0 Å². The van der Waals surface area contributed by atoms with E-state index in [1.165, 1.54) is 44.9 Å². The van der Waals surface area contributed by atoms with Crippen molar-refractivity contribution in [3.05, 3.63) is 11.6 Å². The molecule has 1 aliphatic carbocycles. The van der Waals surface area contributed by atoms with Crippen LogP contribution in [0.1, 0.15) is 51.9 Å². The topological polar surface area (TPSA) is 30.5 Å². The molecule has 1 rings (SSSR count). The zero-order valence-electron chi connectivity index (χ0n) is 12.7. The quantitative estimate of drug-likeness (QED) is 0.514. The molecule has 0 aromatic carbocycles. The molecule has 0 heterocycles. The molecule has 0 spiro atoms. The molecule has 1 atom stereocenters. The average molecular weight is 269 g/mol. The molecule has 3 heteroatoms. The molecule has 0 radical (unpaired) electrons. The normalized spacial score (nSPS) is 18.5. The van der Waals surface area contributed by atoms with E-state index in [4.69, 9.17) is 9.47 Å². The Labute approximate surface area is 118 Å². The van der Waals surface area contributed by atoms with Gasteiger partial charge in [-0.3, -0.25) is 0 Å². The summed E-state index contributed by atoms with van der Waals surface area (Å²) in [5.74, 6) is 0. The Balaban J connectivity index is 2.44. The number of hydrogen-bond donors (Lipinski definition) is 1. The monoisotopic (exact) mass is 269 g/mol. The van der Waals surface area contributed by atoms with Crippen molar-refractivity contribution >= 4 is 0 Å². The SMILES string of the molecule is CCCNC(COCCOC)C1=CCCCCCC1. The third-order valence-corrected chi connectivity index (χ3v) is 3.63. The summed E-state index contributed by atoms with van der Waals surface area (Å²) in [7, 11) is 1.72. The standard InChI is InChI=1S/C16H31NO2/c1-3-11-17-16(14-19-13-12-18-2)15-9-7-5-4-6-8-10-15/h9,16-17H,3-8,10-14H2,1-2H3. The van der Waals surface area contributed by atoms with E-state index in [2.05, 4.69) is 18.3 Å². The smallest absolute Gasteiger partial charge is 0.0701 e. The van der Waals surface area contributed by atoms with Crippen molar-refractivity contribution in [2.24, 2.45) is 0 Å². The summed E-state index contributed by atoms with van der Waals surface area (Å²) in [4.78, 5) is 0. The fourth-order valence-electron chi connectivity index (χ4n) is 2.49. The van der Waals surface area contributed by atoms with Crippen molar-refractivity contribution in [2.75, 3.05) is 33.5 Å². The third-order valence-electron chi connectivity index (χ3n) is 3.63. The second-order valence-electron chi connectivity index (χ2n) is 5.31. The van der Waals surface area contributed by atoms with Crippen LogP contribution in [-0.4, -0.2) is 39.5 Å². The van der Waals surface area contributed by atoms with Gasteiger partial charge in [0.05, 0.1) is 25.9 Å². The lowest BCUT2D eigenvalue weighted by molar-refractivity contribution is 0.0626. The van der Waals surface area contributed by atoms with E-state index in [9.17, 15) is 0 Å². The number of hydrogen-bond acceptors (Lipinski definition) is 3. The van der Waals surface area contributed by atoms with Crippen molar-refractivity contribution in [1.82, 2.24) is 5.32 Å². The molecule has 19 heavy (non-hydrogen) atoms. The molecule has 0 amide bonds. The fraction of sp³-hybridized carbons (Fsp3) is 0.875. The molecular weight excluding hydrogens is 238 g/mol. The van der Waals surface area contributed by atoms with Crippen LogP contribution in [0.3, 0.4) is 0 Å². The maximum Gasteiger partial charge on any atom is 0.0701 e. The number of allylic oxidation sites excluding steroid dienone is 1. The Hall–Kier alpha value is -0.380. The Kier molecular flexibility index (Phi) is 10.0. The van der Waals surface area contributed by atoms with Crippen LogP contribution in [0.25, 0.3) is 0 Å². The van der Waals surface area contributed by atoms with Gasteiger partial charge in [-0.1, -0.05) is 31.4 Å². The molecule has 3 nitrogen and oxygen atoms in total. The summed E-state index contributed by atoms with van der Waals surface area (Å²) in [5, 5.41) is 3.63. The van der Waals surface area contributed by atoms with Gasteiger partial charge >= 0.3 is 0 Å². The lowest BCUT2D eigenvalue weighted by atomic mass is 9.95. The zero-order valence-corrected chi connectivity index (χ0v) is 12.7. The Morgan fingerprint density at radius 2 is 2.05 bits per heavy atom. The van der Waals surface area contributed by atoms with E-state index in [1.54, 1.807) is 12.7 Å². The minimum Gasteiger partial charge on any atom is -0.382 e. The molecule has 1 unspecified atom stereocenters. The first-order chi connectivity index (χ1) is 9.38. The van der Waals surface area contributed by atoms with Crippen LogP contribution in [0.15, 0.2) is 11.6 Å². The number of nitrogens with one attached hydrogen (secondary N) is 1. The number of ether oxygens (including phenoxy) is 2. The summed E-state index contributed by atoms with van der Waals surface area (Å²) in [5.41, 5.74) is 1.56. The molecule has 0 saturated heterocycles. The molecular formula is C16H31NO2. The predicted molar refractivity (Wildman–Crippen MR) is 80.6 cm³/mol. The van der Waals surface area contributed by atoms with E-state index < -0.39 is 0 Å². The summed E-state index contributed by atoms with van der Waals surface area (Å²) < 4.78 is 10.8. The van der Waals surface area contributed by atoms with Gasteiger partial charge in [0, 0.05) is 7.11 Å². The van der Waals surface area contributed by atoms with E-state index in [0.717, 1.165) is 13.2 Å². The molecule has 0 aromatic rings. The van der Waals surface area contributed by atoms with Gasteiger partial charge in [0.25, 0.3) is 0 Å². The predicted octanol–water partition coefficient (Wildman–Crippen LogP) is 3.30. The third kappa shape index (κ3) is 7.71. The van der Waals surface area contributed by atoms with E-state index >= 15 is 0 Å². The first kappa shape index (κ1) is 16.7. The average Bonchev–Trinajstić information content (AvgIpc) is 2.38. The van der Waals surface area contributed by atoms with E-state index in [-0.39, 0.29) is 0 Å². The minimum absolute atomic E-state index is 0.398. The summed E-state index contributed by atoms with van der Waals surface area (Å²) >= 11 is 0. The van der Waals surface area contributed by atoms with Crippen molar-refractivity contribution < 1.29 is 9.47 Å². The van der Waals surface area contributed by atoms with Crippen molar-refractivity contribution in [3.63, 3.8) is 0 Å². The van der Waals surface area contributed by atoms with Gasteiger partial charge in [-0.2, -0.15) is 0 Å². The summed E-state index contributed by atoms with van der Waals surface area (Å²) in [6.45, 7) is 5.42. The minimum atomic E-state index is 0.398. The molecule has 0 aliphatic heterocycles. The molecule has 1 aliphatic rings. The largest absolute Gasteiger partial charge is 0.382 e. The maximum absolute atomic E-state index is 5.73. The van der Waals surface area contributed by atoms with Crippen molar-refractivity contribution in [3.8, 4) is 0 Å².